The molecule has 7 nitrogen and oxygen atoms in total. The van der Waals surface area contributed by atoms with Crippen LogP contribution in [0, 0.1) is 0 Å². The predicted molar refractivity (Wildman–Crippen MR) is 91.3 cm³/mol. The monoisotopic (exact) mass is 345 g/mol. The fourth-order valence-corrected chi connectivity index (χ4v) is 2.62. The number of hydrogen-bond donors (Lipinski definition) is 2. The second-order valence-electron chi connectivity index (χ2n) is 5.45. The third-order valence-corrected chi connectivity index (χ3v) is 4.09. The zero-order valence-corrected chi connectivity index (χ0v) is 14.9. The number of furan rings is 1. The molecule has 0 aliphatic rings. The van der Waals surface area contributed by atoms with E-state index >= 15 is 0 Å². The number of hydrogen-bond acceptors (Lipinski definition) is 5. The molecule has 0 saturated heterocycles. The first-order valence-corrected chi connectivity index (χ1v) is 9.72. The van der Waals surface area contributed by atoms with Crippen LogP contribution in [0.2, 0.25) is 0 Å². The highest BCUT2D eigenvalue weighted by atomic mass is 32.2. The SMILES string of the molecule is CN=C(NCCCOCc1ccco1)NC(C)CCS(C)(=O)=O. The van der Waals surface area contributed by atoms with Gasteiger partial charge in [-0.1, -0.05) is 0 Å². The lowest BCUT2D eigenvalue weighted by Crippen LogP contribution is -2.43. The number of guanidine groups is 1. The van der Waals surface area contributed by atoms with Crippen molar-refractivity contribution in [2.24, 2.45) is 4.99 Å². The predicted octanol–water partition coefficient (Wildman–Crippen LogP) is 1.17. The number of ether oxygens (including phenoxy) is 1. The van der Waals surface area contributed by atoms with E-state index in [1.807, 2.05) is 19.1 Å². The Kier molecular flexibility index (Phi) is 8.71. The number of rotatable bonds is 10. The van der Waals surface area contributed by atoms with Crippen molar-refractivity contribution in [2.75, 3.05) is 32.2 Å². The Morgan fingerprint density at radius 2 is 2.26 bits per heavy atom. The highest BCUT2D eigenvalue weighted by Crippen LogP contribution is 2.01. The summed E-state index contributed by atoms with van der Waals surface area (Å²) in [4.78, 5) is 4.12. The molecule has 1 rings (SSSR count). The minimum atomic E-state index is -2.93. The zero-order valence-electron chi connectivity index (χ0n) is 14.0. The van der Waals surface area contributed by atoms with Gasteiger partial charge in [0.25, 0.3) is 0 Å². The van der Waals surface area contributed by atoms with Crippen molar-refractivity contribution in [1.82, 2.24) is 10.6 Å². The molecule has 1 aromatic heterocycles. The van der Waals surface area contributed by atoms with Crippen molar-refractivity contribution in [3.05, 3.63) is 24.2 Å². The Bertz CT molecular complexity index is 555. The van der Waals surface area contributed by atoms with Crippen molar-refractivity contribution in [3.8, 4) is 0 Å². The van der Waals surface area contributed by atoms with Gasteiger partial charge >= 0.3 is 0 Å². The largest absolute Gasteiger partial charge is 0.467 e. The lowest BCUT2D eigenvalue weighted by atomic mass is 10.3. The van der Waals surface area contributed by atoms with Crippen LogP contribution in [0.25, 0.3) is 0 Å². The summed E-state index contributed by atoms with van der Waals surface area (Å²) < 4.78 is 33.0. The van der Waals surface area contributed by atoms with Gasteiger partial charge in [-0.15, -0.1) is 0 Å². The number of nitrogens with zero attached hydrogens (tertiary/aromatic N) is 1. The fourth-order valence-electron chi connectivity index (χ4n) is 1.84. The Morgan fingerprint density at radius 3 is 2.87 bits per heavy atom. The van der Waals surface area contributed by atoms with Crippen LogP contribution in [0.4, 0.5) is 0 Å². The van der Waals surface area contributed by atoms with E-state index in [1.165, 1.54) is 6.26 Å². The highest BCUT2D eigenvalue weighted by molar-refractivity contribution is 7.90. The zero-order chi connectivity index (χ0) is 17.1. The lowest BCUT2D eigenvalue weighted by Gasteiger charge is -2.17. The molecule has 1 atom stereocenters. The molecule has 0 fully saturated rings. The molecule has 1 unspecified atom stereocenters. The molecule has 0 spiro atoms. The molecule has 0 aliphatic heterocycles. The average Bonchev–Trinajstić information content (AvgIpc) is 3.00. The quantitative estimate of drug-likeness (QED) is 0.376. The summed E-state index contributed by atoms with van der Waals surface area (Å²) in [7, 11) is -1.25. The second kappa shape index (κ2) is 10.3. The van der Waals surface area contributed by atoms with Gasteiger partial charge in [0, 0.05) is 32.5 Å². The van der Waals surface area contributed by atoms with Gasteiger partial charge in [-0.25, -0.2) is 8.42 Å². The number of sulfone groups is 1. The van der Waals surface area contributed by atoms with Gasteiger partial charge in [-0.2, -0.15) is 0 Å². The normalized spacial score (nSPS) is 13.8. The van der Waals surface area contributed by atoms with E-state index in [-0.39, 0.29) is 11.8 Å². The van der Waals surface area contributed by atoms with Crippen molar-refractivity contribution in [1.29, 1.82) is 0 Å². The minimum Gasteiger partial charge on any atom is -0.467 e. The summed E-state index contributed by atoms with van der Waals surface area (Å²) in [6, 6.07) is 3.74. The van der Waals surface area contributed by atoms with E-state index in [0.717, 1.165) is 18.7 Å². The molecule has 1 heterocycles. The third-order valence-electron chi connectivity index (χ3n) is 3.11. The number of aliphatic imine (C=N–C) groups is 1. The lowest BCUT2D eigenvalue weighted by molar-refractivity contribution is 0.105. The van der Waals surface area contributed by atoms with Crippen LogP contribution < -0.4 is 10.6 Å². The summed E-state index contributed by atoms with van der Waals surface area (Å²) in [5.74, 6) is 1.64. The van der Waals surface area contributed by atoms with Crippen LogP contribution >= 0.6 is 0 Å². The van der Waals surface area contributed by atoms with E-state index in [2.05, 4.69) is 15.6 Å². The smallest absolute Gasteiger partial charge is 0.191 e. The summed E-state index contributed by atoms with van der Waals surface area (Å²) in [5.41, 5.74) is 0. The van der Waals surface area contributed by atoms with E-state index in [4.69, 9.17) is 9.15 Å². The molecule has 0 aromatic carbocycles. The summed E-state index contributed by atoms with van der Waals surface area (Å²) >= 11 is 0. The summed E-state index contributed by atoms with van der Waals surface area (Å²) in [5, 5.41) is 6.35. The summed E-state index contributed by atoms with van der Waals surface area (Å²) in [6.07, 6.45) is 4.25. The standard InChI is InChI=1S/C15H27N3O4S/c1-13(7-11-23(3,19)20)18-15(16-2)17-8-5-9-21-12-14-6-4-10-22-14/h4,6,10,13H,5,7-9,11-12H2,1-3H3,(H2,16,17,18). The van der Waals surface area contributed by atoms with Crippen molar-refractivity contribution < 1.29 is 17.6 Å². The minimum absolute atomic E-state index is 0.0335. The van der Waals surface area contributed by atoms with Crippen LogP contribution in [0.3, 0.4) is 0 Å². The highest BCUT2D eigenvalue weighted by Gasteiger charge is 2.09. The molecule has 2 N–H and O–H groups in total. The van der Waals surface area contributed by atoms with Gasteiger partial charge in [-0.05, 0) is 31.9 Å². The maximum Gasteiger partial charge on any atom is 0.191 e. The van der Waals surface area contributed by atoms with E-state index in [1.54, 1.807) is 13.3 Å². The van der Waals surface area contributed by atoms with Crippen molar-refractivity contribution in [2.45, 2.75) is 32.4 Å². The number of nitrogens with one attached hydrogen (secondary N) is 2. The van der Waals surface area contributed by atoms with Crippen molar-refractivity contribution >= 4 is 15.8 Å². The molecule has 0 aliphatic carbocycles. The molecule has 0 saturated carbocycles. The van der Waals surface area contributed by atoms with Crippen LogP contribution in [-0.4, -0.2) is 52.6 Å². The van der Waals surface area contributed by atoms with Crippen LogP contribution in [0.5, 0.6) is 0 Å². The molecule has 23 heavy (non-hydrogen) atoms. The maximum atomic E-state index is 11.2. The molecule has 8 heteroatoms. The maximum absolute atomic E-state index is 11.2. The molecule has 132 valence electrons. The molecule has 0 radical (unpaired) electrons. The van der Waals surface area contributed by atoms with E-state index in [9.17, 15) is 8.42 Å². The molecular weight excluding hydrogens is 318 g/mol. The van der Waals surface area contributed by atoms with Gasteiger partial charge in [0.15, 0.2) is 5.96 Å². The van der Waals surface area contributed by atoms with Gasteiger partial charge in [0.05, 0.1) is 12.0 Å². The molecule has 1 aromatic rings. The Labute approximate surface area is 138 Å². The van der Waals surface area contributed by atoms with Gasteiger partial charge < -0.3 is 19.8 Å². The average molecular weight is 345 g/mol. The van der Waals surface area contributed by atoms with Crippen molar-refractivity contribution in [3.63, 3.8) is 0 Å². The fraction of sp³-hybridized carbons (Fsp3) is 0.667. The van der Waals surface area contributed by atoms with Gasteiger partial charge in [-0.3, -0.25) is 4.99 Å². The first kappa shape index (κ1) is 19.5. The van der Waals surface area contributed by atoms with E-state index < -0.39 is 9.84 Å². The van der Waals surface area contributed by atoms with Crippen LogP contribution in [0.1, 0.15) is 25.5 Å². The first-order valence-electron chi connectivity index (χ1n) is 7.65. The van der Waals surface area contributed by atoms with Gasteiger partial charge in [0.1, 0.15) is 22.2 Å². The first-order chi connectivity index (χ1) is 10.9. The molecule has 0 bridgehead atoms. The van der Waals surface area contributed by atoms with Crippen LogP contribution in [0.15, 0.2) is 27.8 Å². The Morgan fingerprint density at radius 1 is 1.48 bits per heavy atom. The Hall–Kier alpha value is -1.54. The second-order valence-corrected chi connectivity index (χ2v) is 7.71. The Balaban J connectivity index is 2.11. The van der Waals surface area contributed by atoms with Gasteiger partial charge in [0.2, 0.25) is 0 Å². The summed E-state index contributed by atoms with van der Waals surface area (Å²) in [6.45, 7) is 3.75. The van der Waals surface area contributed by atoms with Crippen LogP contribution in [-0.2, 0) is 21.2 Å². The molecular formula is C15H27N3O4S. The molecule has 0 amide bonds. The topological polar surface area (TPSA) is 92.9 Å². The third kappa shape index (κ3) is 9.96. The van der Waals surface area contributed by atoms with E-state index in [0.29, 0.717) is 25.6 Å².